The predicted octanol–water partition coefficient (Wildman–Crippen LogP) is 2.18. The van der Waals surface area contributed by atoms with Gasteiger partial charge in [0.25, 0.3) is 0 Å². The molecule has 0 aromatic heterocycles. The van der Waals surface area contributed by atoms with Gasteiger partial charge < -0.3 is 14.8 Å². The number of rotatable bonds is 3. The van der Waals surface area contributed by atoms with Gasteiger partial charge in [0, 0.05) is 5.56 Å². The predicted molar refractivity (Wildman–Crippen MR) is 87.2 cm³/mol. The molecule has 1 aromatic rings. The maximum atomic E-state index is 9.41. The Balaban J connectivity index is 1.76. The fourth-order valence-electron chi connectivity index (χ4n) is 5.31. The molecule has 4 heteroatoms. The summed E-state index contributed by atoms with van der Waals surface area (Å²) in [6.45, 7) is 0. The first-order valence-electron chi connectivity index (χ1n) is 8.40. The van der Waals surface area contributed by atoms with Crippen LogP contribution in [-0.2, 0) is 4.74 Å². The van der Waals surface area contributed by atoms with Crippen molar-refractivity contribution < 1.29 is 14.8 Å². The van der Waals surface area contributed by atoms with Crippen molar-refractivity contribution in [3.63, 3.8) is 0 Å². The molecule has 0 radical (unpaired) electrons. The SMILES string of the molecule is COC(=C1C2CC3CC(C2)CC1C3)c1cccc(B(O)O)c1. The Labute approximate surface area is 132 Å². The molecule has 0 heterocycles. The Bertz CT molecular complexity index is 578. The molecule has 4 aliphatic rings. The molecule has 22 heavy (non-hydrogen) atoms. The molecule has 4 bridgehead atoms. The minimum absolute atomic E-state index is 0.525. The zero-order chi connectivity index (χ0) is 15.3. The molecule has 0 aliphatic heterocycles. The van der Waals surface area contributed by atoms with Crippen LogP contribution in [0, 0.1) is 23.7 Å². The first-order valence-corrected chi connectivity index (χ1v) is 8.40. The zero-order valence-corrected chi connectivity index (χ0v) is 13.0. The van der Waals surface area contributed by atoms with Crippen LogP contribution < -0.4 is 5.46 Å². The van der Waals surface area contributed by atoms with Crippen LogP contribution in [0.15, 0.2) is 29.8 Å². The van der Waals surface area contributed by atoms with Gasteiger partial charge in [-0.15, -0.1) is 0 Å². The van der Waals surface area contributed by atoms with Crippen molar-refractivity contribution in [2.75, 3.05) is 7.11 Å². The molecule has 0 atom stereocenters. The normalized spacial score (nSPS) is 32.2. The first kappa shape index (κ1) is 14.3. The van der Waals surface area contributed by atoms with E-state index >= 15 is 0 Å². The van der Waals surface area contributed by atoms with E-state index in [0.717, 1.165) is 23.2 Å². The second-order valence-electron chi connectivity index (χ2n) is 7.29. The molecule has 116 valence electrons. The zero-order valence-electron chi connectivity index (χ0n) is 13.0. The molecule has 4 fully saturated rings. The standard InChI is InChI=1S/C18H23BO3/c1-22-18(13-3-2-4-16(10-13)19(20)21)17-14-6-11-5-12(8-14)9-15(17)7-11/h2-4,10-12,14-15,20-21H,5-9H2,1H3. The van der Waals surface area contributed by atoms with Gasteiger partial charge in [0.15, 0.2) is 0 Å². The van der Waals surface area contributed by atoms with E-state index in [1.807, 2.05) is 18.2 Å². The molecule has 0 spiro atoms. The number of ether oxygens (including phenoxy) is 1. The highest BCUT2D eigenvalue weighted by molar-refractivity contribution is 6.58. The number of hydrogen-bond donors (Lipinski definition) is 2. The van der Waals surface area contributed by atoms with Crippen LogP contribution >= 0.6 is 0 Å². The first-order chi connectivity index (χ1) is 10.7. The van der Waals surface area contributed by atoms with E-state index in [1.165, 1.54) is 37.7 Å². The lowest BCUT2D eigenvalue weighted by Gasteiger charge is -2.51. The number of allylic oxidation sites excluding steroid dienone is 1. The van der Waals surface area contributed by atoms with Gasteiger partial charge in [-0.3, -0.25) is 0 Å². The van der Waals surface area contributed by atoms with E-state index in [0.29, 0.717) is 17.3 Å². The average molecular weight is 298 g/mol. The smallest absolute Gasteiger partial charge is 0.488 e. The summed E-state index contributed by atoms with van der Waals surface area (Å²) in [5.41, 5.74) is 3.01. The van der Waals surface area contributed by atoms with Crippen LogP contribution in [0.2, 0.25) is 0 Å². The average Bonchev–Trinajstić information content (AvgIpc) is 2.50. The van der Waals surface area contributed by atoms with Gasteiger partial charge in [0.1, 0.15) is 5.76 Å². The molecular formula is C18H23BO3. The third kappa shape index (κ3) is 2.29. The Morgan fingerprint density at radius 1 is 1.05 bits per heavy atom. The summed E-state index contributed by atoms with van der Waals surface area (Å²) in [6, 6.07) is 7.48. The van der Waals surface area contributed by atoms with Crippen LogP contribution in [0.4, 0.5) is 0 Å². The second kappa shape index (κ2) is 5.43. The number of benzene rings is 1. The molecule has 0 saturated heterocycles. The van der Waals surface area contributed by atoms with Crippen LogP contribution in [0.3, 0.4) is 0 Å². The van der Waals surface area contributed by atoms with Crippen molar-refractivity contribution in [2.24, 2.45) is 23.7 Å². The monoisotopic (exact) mass is 298 g/mol. The minimum atomic E-state index is -1.43. The van der Waals surface area contributed by atoms with Crippen molar-refractivity contribution in [1.82, 2.24) is 0 Å². The van der Waals surface area contributed by atoms with Gasteiger partial charge >= 0.3 is 7.12 Å². The third-order valence-corrected chi connectivity index (χ3v) is 5.93. The minimum Gasteiger partial charge on any atom is -0.496 e. The number of methoxy groups -OCH3 is 1. The molecule has 4 aliphatic carbocycles. The van der Waals surface area contributed by atoms with Crippen molar-refractivity contribution in [3.8, 4) is 0 Å². The summed E-state index contributed by atoms with van der Waals surface area (Å²) in [7, 11) is 0.316. The van der Waals surface area contributed by atoms with Gasteiger partial charge in [-0.25, -0.2) is 0 Å². The topological polar surface area (TPSA) is 49.7 Å². The van der Waals surface area contributed by atoms with Gasteiger partial charge in [0.05, 0.1) is 7.11 Å². The van der Waals surface area contributed by atoms with E-state index in [4.69, 9.17) is 4.74 Å². The van der Waals surface area contributed by atoms with Gasteiger partial charge in [-0.2, -0.15) is 0 Å². The van der Waals surface area contributed by atoms with Crippen LogP contribution in [-0.4, -0.2) is 24.3 Å². The van der Waals surface area contributed by atoms with E-state index in [1.54, 1.807) is 13.2 Å². The van der Waals surface area contributed by atoms with Crippen LogP contribution in [0.5, 0.6) is 0 Å². The highest BCUT2D eigenvalue weighted by atomic mass is 16.5. The van der Waals surface area contributed by atoms with Crippen molar-refractivity contribution >= 4 is 18.3 Å². The molecule has 1 aromatic carbocycles. The second-order valence-corrected chi connectivity index (χ2v) is 7.29. The molecule has 5 rings (SSSR count). The molecule has 4 saturated carbocycles. The summed E-state index contributed by atoms with van der Waals surface area (Å²) in [5.74, 6) is 4.18. The summed E-state index contributed by atoms with van der Waals surface area (Å²) >= 11 is 0. The molecule has 0 unspecified atom stereocenters. The van der Waals surface area contributed by atoms with E-state index in [-0.39, 0.29) is 0 Å². The Morgan fingerprint density at radius 2 is 1.68 bits per heavy atom. The van der Waals surface area contributed by atoms with Crippen LogP contribution in [0.1, 0.15) is 37.7 Å². The quantitative estimate of drug-likeness (QED) is 0.664. The van der Waals surface area contributed by atoms with Crippen molar-refractivity contribution in [1.29, 1.82) is 0 Å². The Morgan fingerprint density at radius 3 is 2.23 bits per heavy atom. The molecule has 2 N–H and O–H groups in total. The van der Waals surface area contributed by atoms with E-state index in [9.17, 15) is 10.0 Å². The fraction of sp³-hybridized carbons (Fsp3) is 0.556. The summed E-state index contributed by atoms with van der Waals surface area (Å²) in [5, 5.41) is 18.8. The van der Waals surface area contributed by atoms with E-state index < -0.39 is 7.12 Å². The molecule has 3 nitrogen and oxygen atoms in total. The highest BCUT2D eigenvalue weighted by Crippen LogP contribution is 2.57. The van der Waals surface area contributed by atoms with E-state index in [2.05, 4.69) is 0 Å². The molecule has 0 amide bonds. The largest absolute Gasteiger partial charge is 0.496 e. The summed E-state index contributed by atoms with van der Waals surface area (Å²) in [4.78, 5) is 0. The summed E-state index contributed by atoms with van der Waals surface area (Å²) in [6.07, 6.45) is 6.71. The van der Waals surface area contributed by atoms with Crippen molar-refractivity contribution in [3.05, 3.63) is 35.4 Å². The maximum absolute atomic E-state index is 9.41. The Hall–Kier alpha value is -1.26. The maximum Gasteiger partial charge on any atom is 0.488 e. The Kier molecular flexibility index (Phi) is 3.54. The van der Waals surface area contributed by atoms with Crippen LogP contribution in [0.25, 0.3) is 5.76 Å². The van der Waals surface area contributed by atoms with Gasteiger partial charge in [-0.1, -0.05) is 24.3 Å². The lowest BCUT2D eigenvalue weighted by Crippen LogP contribution is -2.41. The highest BCUT2D eigenvalue weighted by Gasteiger charge is 2.46. The third-order valence-electron chi connectivity index (χ3n) is 5.93. The fourth-order valence-corrected chi connectivity index (χ4v) is 5.31. The summed E-state index contributed by atoms with van der Waals surface area (Å²) < 4.78 is 5.81. The lowest BCUT2D eigenvalue weighted by molar-refractivity contribution is 0.0675. The molecular weight excluding hydrogens is 275 g/mol. The van der Waals surface area contributed by atoms with Gasteiger partial charge in [0.2, 0.25) is 0 Å². The number of hydrogen-bond acceptors (Lipinski definition) is 3. The lowest BCUT2D eigenvalue weighted by atomic mass is 9.54. The van der Waals surface area contributed by atoms with Gasteiger partial charge in [-0.05, 0) is 66.8 Å². The van der Waals surface area contributed by atoms with Crippen molar-refractivity contribution in [2.45, 2.75) is 32.1 Å².